The van der Waals surface area contributed by atoms with Crippen molar-refractivity contribution >= 4 is 5.91 Å². The molecule has 0 spiro atoms. The molecule has 5 nitrogen and oxygen atoms in total. The summed E-state index contributed by atoms with van der Waals surface area (Å²) < 4.78 is 5.58. The van der Waals surface area contributed by atoms with Crippen LogP contribution in [0.1, 0.15) is 35.5 Å². The minimum absolute atomic E-state index is 0.00379. The molecule has 0 radical (unpaired) electrons. The number of nitrogens with zero attached hydrogens (tertiary/aromatic N) is 3. The van der Waals surface area contributed by atoms with Crippen LogP contribution in [0.2, 0.25) is 0 Å². The SMILES string of the molecule is CC(C)Oc1ccc(C(=O)N2Cc3cncnc3C2)cc1. The third kappa shape index (κ3) is 2.86. The van der Waals surface area contributed by atoms with Gasteiger partial charge in [-0.25, -0.2) is 9.97 Å². The summed E-state index contributed by atoms with van der Waals surface area (Å²) in [5.74, 6) is 0.779. The van der Waals surface area contributed by atoms with Crippen molar-refractivity contribution in [2.45, 2.75) is 33.0 Å². The molecule has 0 unspecified atom stereocenters. The number of benzene rings is 1. The second-order valence-corrected chi connectivity index (χ2v) is 5.35. The fourth-order valence-corrected chi connectivity index (χ4v) is 2.37. The molecule has 0 bridgehead atoms. The molecule has 0 aliphatic carbocycles. The Bertz CT molecular complexity index is 628. The lowest BCUT2D eigenvalue weighted by Gasteiger charge is -2.15. The number of fused-ring (bicyclic) bond motifs is 1. The maximum Gasteiger partial charge on any atom is 0.254 e. The lowest BCUT2D eigenvalue weighted by atomic mass is 10.2. The van der Waals surface area contributed by atoms with E-state index in [0.29, 0.717) is 18.7 Å². The Morgan fingerprint density at radius 1 is 1.24 bits per heavy atom. The van der Waals surface area contributed by atoms with E-state index < -0.39 is 0 Å². The minimum atomic E-state index is 0.00379. The molecule has 1 aromatic heterocycles. The Labute approximate surface area is 123 Å². The quantitative estimate of drug-likeness (QED) is 0.868. The summed E-state index contributed by atoms with van der Waals surface area (Å²) in [6.45, 7) is 5.06. The molecule has 2 heterocycles. The van der Waals surface area contributed by atoms with E-state index in [-0.39, 0.29) is 12.0 Å². The van der Waals surface area contributed by atoms with Crippen LogP contribution in [0.4, 0.5) is 0 Å². The third-order valence-corrected chi connectivity index (χ3v) is 3.34. The summed E-state index contributed by atoms with van der Waals surface area (Å²) in [6.07, 6.45) is 3.42. The number of hydrogen-bond donors (Lipinski definition) is 0. The third-order valence-electron chi connectivity index (χ3n) is 3.34. The lowest BCUT2D eigenvalue weighted by molar-refractivity contribution is 0.0750. The van der Waals surface area contributed by atoms with Crippen LogP contribution in [0.25, 0.3) is 0 Å². The highest BCUT2D eigenvalue weighted by molar-refractivity contribution is 5.94. The van der Waals surface area contributed by atoms with E-state index in [0.717, 1.165) is 17.0 Å². The standard InChI is InChI=1S/C16H17N3O2/c1-11(2)21-14-5-3-12(4-6-14)16(20)19-8-13-7-17-10-18-15(13)9-19/h3-7,10-11H,8-9H2,1-2H3. The summed E-state index contributed by atoms with van der Waals surface area (Å²) in [7, 11) is 0. The summed E-state index contributed by atoms with van der Waals surface area (Å²) >= 11 is 0. The zero-order valence-corrected chi connectivity index (χ0v) is 12.1. The van der Waals surface area contributed by atoms with Gasteiger partial charge in [-0.05, 0) is 38.1 Å². The molecule has 1 aliphatic rings. The highest BCUT2D eigenvalue weighted by Crippen LogP contribution is 2.22. The van der Waals surface area contributed by atoms with Crippen LogP contribution in [0, 0.1) is 0 Å². The number of carbonyl (C=O) groups is 1. The van der Waals surface area contributed by atoms with Gasteiger partial charge in [-0.15, -0.1) is 0 Å². The van der Waals surface area contributed by atoms with Crippen molar-refractivity contribution in [3.8, 4) is 5.75 Å². The molecule has 1 aliphatic heterocycles. The molecule has 3 rings (SSSR count). The van der Waals surface area contributed by atoms with Gasteiger partial charge in [0.25, 0.3) is 5.91 Å². The number of carbonyl (C=O) groups excluding carboxylic acids is 1. The van der Waals surface area contributed by atoms with Crippen molar-refractivity contribution in [2.24, 2.45) is 0 Å². The van der Waals surface area contributed by atoms with E-state index in [2.05, 4.69) is 9.97 Å². The smallest absolute Gasteiger partial charge is 0.254 e. The summed E-state index contributed by atoms with van der Waals surface area (Å²) in [5, 5.41) is 0. The van der Waals surface area contributed by atoms with Gasteiger partial charge >= 0.3 is 0 Å². The average Bonchev–Trinajstić information content (AvgIpc) is 2.90. The molecule has 0 atom stereocenters. The Kier molecular flexibility index (Phi) is 3.56. The van der Waals surface area contributed by atoms with Crippen LogP contribution >= 0.6 is 0 Å². The van der Waals surface area contributed by atoms with E-state index in [9.17, 15) is 4.79 Å². The molecule has 0 N–H and O–H groups in total. The zero-order valence-electron chi connectivity index (χ0n) is 12.1. The van der Waals surface area contributed by atoms with E-state index in [1.54, 1.807) is 23.2 Å². The van der Waals surface area contributed by atoms with E-state index in [1.165, 1.54) is 6.33 Å². The molecule has 1 aromatic carbocycles. The number of rotatable bonds is 3. The first kappa shape index (κ1) is 13.5. The van der Waals surface area contributed by atoms with Crippen molar-refractivity contribution in [2.75, 3.05) is 0 Å². The first-order valence-corrected chi connectivity index (χ1v) is 6.97. The van der Waals surface area contributed by atoms with Gasteiger partial charge in [-0.2, -0.15) is 0 Å². The van der Waals surface area contributed by atoms with E-state index in [1.807, 2.05) is 26.0 Å². The van der Waals surface area contributed by atoms with Gasteiger partial charge in [-0.1, -0.05) is 0 Å². The number of aromatic nitrogens is 2. The Morgan fingerprint density at radius 3 is 2.67 bits per heavy atom. The monoisotopic (exact) mass is 283 g/mol. The van der Waals surface area contributed by atoms with Gasteiger partial charge in [0.05, 0.1) is 18.3 Å². The van der Waals surface area contributed by atoms with Gasteiger partial charge in [0, 0.05) is 23.9 Å². The Balaban J connectivity index is 1.72. The van der Waals surface area contributed by atoms with Crippen LogP contribution in [0.5, 0.6) is 5.75 Å². The molecule has 108 valence electrons. The van der Waals surface area contributed by atoms with Gasteiger partial charge < -0.3 is 9.64 Å². The van der Waals surface area contributed by atoms with Crippen LogP contribution in [-0.4, -0.2) is 26.9 Å². The molecule has 1 amide bonds. The number of ether oxygens (including phenoxy) is 1. The first-order valence-electron chi connectivity index (χ1n) is 6.97. The minimum Gasteiger partial charge on any atom is -0.491 e. The molecule has 5 heteroatoms. The molecule has 0 saturated heterocycles. The summed E-state index contributed by atoms with van der Waals surface area (Å²) in [6, 6.07) is 7.26. The number of hydrogen-bond acceptors (Lipinski definition) is 4. The highest BCUT2D eigenvalue weighted by Gasteiger charge is 2.25. The zero-order chi connectivity index (χ0) is 14.8. The second-order valence-electron chi connectivity index (χ2n) is 5.35. The van der Waals surface area contributed by atoms with Crippen LogP contribution in [0.3, 0.4) is 0 Å². The highest BCUT2D eigenvalue weighted by atomic mass is 16.5. The van der Waals surface area contributed by atoms with Crippen molar-refractivity contribution in [1.82, 2.24) is 14.9 Å². The Hall–Kier alpha value is -2.43. The van der Waals surface area contributed by atoms with Crippen molar-refractivity contribution in [3.05, 3.63) is 53.6 Å². The van der Waals surface area contributed by atoms with Crippen LogP contribution in [-0.2, 0) is 13.1 Å². The average molecular weight is 283 g/mol. The van der Waals surface area contributed by atoms with Crippen LogP contribution < -0.4 is 4.74 Å². The molecule has 0 saturated carbocycles. The molecule has 2 aromatic rings. The lowest BCUT2D eigenvalue weighted by Crippen LogP contribution is -2.25. The predicted molar refractivity (Wildman–Crippen MR) is 77.8 cm³/mol. The van der Waals surface area contributed by atoms with E-state index in [4.69, 9.17) is 4.74 Å². The largest absolute Gasteiger partial charge is 0.491 e. The maximum absolute atomic E-state index is 12.5. The van der Waals surface area contributed by atoms with Crippen molar-refractivity contribution in [3.63, 3.8) is 0 Å². The molecule has 0 fully saturated rings. The predicted octanol–water partition coefficient (Wildman–Crippen LogP) is 2.42. The second kappa shape index (κ2) is 5.52. The van der Waals surface area contributed by atoms with Gasteiger partial charge in [0.15, 0.2) is 0 Å². The molecular formula is C16H17N3O2. The summed E-state index contributed by atoms with van der Waals surface area (Å²) in [4.78, 5) is 22.5. The first-order chi connectivity index (χ1) is 10.1. The number of amides is 1. The fourth-order valence-electron chi connectivity index (χ4n) is 2.37. The maximum atomic E-state index is 12.5. The van der Waals surface area contributed by atoms with E-state index >= 15 is 0 Å². The van der Waals surface area contributed by atoms with Gasteiger partial charge in [0.1, 0.15) is 12.1 Å². The topological polar surface area (TPSA) is 55.3 Å². The Morgan fingerprint density at radius 2 is 2.00 bits per heavy atom. The van der Waals surface area contributed by atoms with Gasteiger partial charge in [0.2, 0.25) is 0 Å². The molecular weight excluding hydrogens is 266 g/mol. The normalized spacial score (nSPS) is 13.4. The van der Waals surface area contributed by atoms with Crippen LogP contribution in [0.15, 0.2) is 36.8 Å². The fraction of sp³-hybridized carbons (Fsp3) is 0.312. The molecule has 21 heavy (non-hydrogen) atoms. The summed E-state index contributed by atoms with van der Waals surface area (Å²) in [5.41, 5.74) is 2.61. The van der Waals surface area contributed by atoms with Gasteiger partial charge in [-0.3, -0.25) is 4.79 Å². The van der Waals surface area contributed by atoms with Crippen molar-refractivity contribution in [1.29, 1.82) is 0 Å². The van der Waals surface area contributed by atoms with Crippen molar-refractivity contribution < 1.29 is 9.53 Å².